The third-order valence-electron chi connectivity index (χ3n) is 5.36. The molecular weight excluding hydrogens is 354 g/mol. The van der Waals surface area contributed by atoms with Crippen LogP contribution in [0, 0.1) is 0 Å². The molecule has 142 valence electrons. The van der Waals surface area contributed by atoms with Crippen molar-refractivity contribution in [3.63, 3.8) is 0 Å². The second kappa shape index (κ2) is 6.44. The second-order valence-electron chi connectivity index (χ2n) is 6.79. The SMILES string of the molecule is CCOc1c(OC)ccc2c1c[n+](CC)c1c3cc4c(cc3ccc21)OCO4. The van der Waals surface area contributed by atoms with Crippen LogP contribution in [0.1, 0.15) is 13.8 Å². The highest BCUT2D eigenvalue weighted by Crippen LogP contribution is 2.41. The number of aryl methyl sites for hydroxylation is 1. The van der Waals surface area contributed by atoms with Crippen molar-refractivity contribution >= 4 is 32.4 Å². The Bertz CT molecular complexity index is 1230. The van der Waals surface area contributed by atoms with Crippen molar-refractivity contribution in [2.75, 3.05) is 20.5 Å². The number of methoxy groups -OCH3 is 1. The number of nitrogens with zero attached hydrogens (tertiary/aromatic N) is 1. The summed E-state index contributed by atoms with van der Waals surface area (Å²) in [5.41, 5.74) is 1.18. The summed E-state index contributed by atoms with van der Waals surface area (Å²) in [7, 11) is 1.68. The zero-order valence-electron chi connectivity index (χ0n) is 16.2. The van der Waals surface area contributed by atoms with E-state index in [2.05, 4.69) is 48.0 Å². The first-order valence-corrected chi connectivity index (χ1v) is 9.57. The van der Waals surface area contributed by atoms with Crippen LogP contribution in [0.15, 0.2) is 42.6 Å². The van der Waals surface area contributed by atoms with Gasteiger partial charge in [0.1, 0.15) is 6.54 Å². The third-order valence-corrected chi connectivity index (χ3v) is 5.36. The zero-order valence-corrected chi connectivity index (χ0v) is 16.2. The lowest BCUT2D eigenvalue weighted by atomic mass is 10.00. The van der Waals surface area contributed by atoms with Crippen LogP contribution in [0.4, 0.5) is 0 Å². The van der Waals surface area contributed by atoms with E-state index in [0.717, 1.165) is 51.1 Å². The summed E-state index contributed by atoms with van der Waals surface area (Å²) >= 11 is 0. The molecular formula is C23H22NO4+. The van der Waals surface area contributed by atoms with Crippen molar-refractivity contribution in [1.82, 2.24) is 0 Å². The molecule has 0 unspecified atom stereocenters. The van der Waals surface area contributed by atoms with Gasteiger partial charge in [-0.25, -0.2) is 0 Å². The fourth-order valence-corrected chi connectivity index (χ4v) is 4.09. The number of aromatic nitrogens is 1. The largest absolute Gasteiger partial charge is 0.493 e. The van der Waals surface area contributed by atoms with Crippen LogP contribution < -0.4 is 23.5 Å². The maximum atomic E-state index is 5.96. The van der Waals surface area contributed by atoms with Crippen molar-refractivity contribution in [3.05, 3.63) is 42.6 Å². The van der Waals surface area contributed by atoms with Crippen LogP contribution in [0.5, 0.6) is 23.0 Å². The van der Waals surface area contributed by atoms with E-state index >= 15 is 0 Å². The molecule has 1 aromatic heterocycles. The quantitative estimate of drug-likeness (QED) is 0.386. The van der Waals surface area contributed by atoms with Gasteiger partial charge in [-0.05, 0) is 49.6 Å². The lowest BCUT2D eigenvalue weighted by Gasteiger charge is -2.14. The van der Waals surface area contributed by atoms with Gasteiger partial charge in [0.15, 0.2) is 29.2 Å². The summed E-state index contributed by atoms with van der Waals surface area (Å²) in [5, 5.41) is 5.66. The lowest BCUT2D eigenvalue weighted by molar-refractivity contribution is -0.665. The first-order valence-electron chi connectivity index (χ1n) is 9.57. The monoisotopic (exact) mass is 376 g/mol. The highest BCUT2D eigenvalue weighted by molar-refractivity contribution is 6.15. The molecule has 0 amide bonds. The Morgan fingerprint density at radius 3 is 2.46 bits per heavy atom. The summed E-state index contributed by atoms with van der Waals surface area (Å²) in [6.45, 7) is 5.84. The third kappa shape index (κ3) is 2.35. The normalized spacial score (nSPS) is 12.8. The summed E-state index contributed by atoms with van der Waals surface area (Å²) in [6, 6.07) is 12.6. The van der Waals surface area contributed by atoms with E-state index in [4.69, 9.17) is 18.9 Å². The van der Waals surface area contributed by atoms with Crippen LogP contribution in [0.3, 0.4) is 0 Å². The number of hydrogen-bond donors (Lipinski definition) is 0. The molecule has 2 heterocycles. The highest BCUT2D eigenvalue weighted by atomic mass is 16.7. The molecule has 0 atom stereocenters. The van der Waals surface area contributed by atoms with Gasteiger partial charge in [-0.15, -0.1) is 0 Å². The van der Waals surface area contributed by atoms with E-state index in [0.29, 0.717) is 6.61 Å². The fraction of sp³-hybridized carbons (Fsp3) is 0.261. The van der Waals surface area contributed by atoms with E-state index in [1.54, 1.807) is 7.11 Å². The number of benzene rings is 3. The minimum absolute atomic E-state index is 0.276. The number of pyridine rings is 1. The average Bonchev–Trinajstić information content (AvgIpc) is 3.18. The van der Waals surface area contributed by atoms with Gasteiger partial charge < -0.3 is 18.9 Å². The Kier molecular flexibility index (Phi) is 3.90. The molecule has 0 aliphatic carbocycles. The van der Waals surface area contributed by atoms with Crippen LogP contribution in [0.25, 0.3) is 32.4 Å². The molecule has 0 saturated carbocycles. The van der Waals surface area contributed by atoms with Gasteiger partial charge in [-0.1, -0.05) is 6.07 Å². The number of ether oxygens (including phenoxy) is 4. The molecule has 0 spiro atoms. The van der Waals surface area contributed by atoms with Crippen molar-refractivity contribution in [2.24, 2.45) is 0 Å². The van der Waals surface area contributed by atoms with Crippen LogP contribution in [-0.2, 0) is 6.54 Å². The molecule has 0 N–H and O–H groups in total. The molecule has 5 heteroatoms. The molecule has 0 bridgehead atoms. The van der Waals surface area contributed by atoms with Gasteiger partial charge in [0.25, 0.3) is 0 Å². The standard InChI is InChI=1S/C23H22NO4/c1-4-24-12-18-15(8-9-19(25-3)23(18)26-5-2)16-7-6-14-10-20-21(28-13-27-20)11-17(14)22(16)24/h6-12H,4-5,13H2,1-3H3/q+1. The minimum Gasteiger partial charge on any atom is -0.493 e. The summed E-state index contributed by atoms with van der Waals surface area (Å²) < 4.78 is 25.0. The summed E-state index contributed by atoms with van der Waals surface area (Å²) in [4.78, 5) is 0. The molecule has 1 aliphatic heterocycles. The number of rotatable bonds is 4. The first kappa shape index (κ1) is 16.9. The Morgan fingerprint density at radius 2 is 1.71 bits per heavy atom. The molecule has 0 radical (unpaired) electrons. The predicted octanol–water partition coefficient (Wildman–Crippen LogP) is 4.59. The van der Waals surface area contributed by atoms with Crippen molar-refractivity contribution < 1.29 is 23.5 Å². The molecule has 0 fully saturated rings. The lowest BCUT2D eigenvalue weighted by Crippen LogP contribution is -2.33. The van der Waals surface area contributed by atoms with E-state index in [-0.39, 0.29) is 6.79 Å². The number of fused-ring (bicyclic) bond motifs is 6. The van der Waals surface area contributed by atoms with Crippen LogP contribution >= 0.6 is 0 Å². The molecule has 28 heavy (non-hydrogen) atoms. The molecule has 4 aromatic rings. The molecule has 5 rings (SSSR count). The van der Waals surface area contributed by atoms with Gasteiger partial charge in [-0.3, -0.25) is 0 Å². The van der Waals surface area contributed by atoms with Gasteiger partial charge in [-0.2, -0.15) is 4.57 Å². The average molecular weight is 376 g/mol. The van der Waals surface area contributed by atoms with Gasteiger partial charge >= 0.3 is 0 Å². The molecule has 5 nitrogen and oxygen atoms in total. The van der Waals surface area contributed by atoms with E-state index in [1.807, 2.05) is 13.0 Å². The first-order chi connectivity index (χ1) is 13.7. The smallest absolute Gasteiger partial charge is 0.231 e. The Morgan fingerprint density at radius 1 is 0.929 bits per heavy atom. The van der Waals surface area contributed by atoms with Crippen molar-refractivity contribution in [3.8, 4) is 23.0 Å². The van der Waals surface area contributed by atoms with Gasteiger partial charge in [0.05, 0.1) is 29.9 Å². The minimum atomic E-state index is 0.276. The number of hydrogen-bond acceptors (Lipinski definition) is 4. The Hall–Kier alpha value is -3.21. The fourth-order valence-electron chi connectivity index (χ4n) is 4.09. The van der Waals surface area contributed by atoms with Crippen LogP contribution in [0.2, 0.25) is 0 Å². The van der Waals surface area contributed by atoms with E-state index in [1.165, 1.54) is 10.9 Å². The van der Waals surface area contributed by atoms with E-state index in [9.17, 15) is 0 Å². The van der Waals surface area contributed by atoms with Gasteiger partial charge in [0.2, 0.25) is 12.3 Å². The van der Waals surface area contributed by atoms with E-state index < -0.39 is 0 Å². The second-order valence-corrected chi connectivity index (χ2v) is 6.79. The Labute approximate surface area is 163 Å². The zero-order chi connectivity index (χ0) is 19.3. The van der Waals surface area contributed by atoms with Crippen molar-refractivity contribution in [1.29, 1.82) is 0 Å². The topological polar surface area (TPSA) is 40.8 Å². The molecule has 1 aliphatic rings. The maximum Gasteiger partial charge on any atom is 0.231 e. The summed E-state index contributed by atoms with van der Waals surface area (Å²) in [5.74, 6) is 3.14. The Balaban J connectivity index is 1.93. The molecule has 0 saturated heterocycles. The highest BCUT2D eigenvalue weighted by Gasteiger charge is 2.23. The molecule has 3 aromatic carbocycles. The van der Waals surface area contributed by atoms with Crippen molar-refractivity contribution in [2.45, 2.75) is 20.4 Å². The summed E-state index contributed by atoms with van der Waals surface area (Å²) in [6.07, 6.45) is 2.16. The van der Waals surface area contributed by atoms with Crippen LogP contribution in [-0.4, -0.2) is 20.5 Å². The predicted molar refractivity (Wildman–Crippen MR) is 109 cm³/mol. The maximum absolute atomic E-state index is 5.96. The van der Waals surface area contributed by atoms with Gasteiger partial charge in [0, 0.05) is 5.39 Å².